The van der Waals surface area contributed by atoms with E-state index in [0.29, 0.717) is 12.4 Å². The minimum absolute atomic E-state index is 0.0954. The van der Waals surface area contributed by atoms with Gasteiger partial charge in [-0.2, -0.15) is 0 Å². The van der Waals surface area contributed by atoms with Crippen molar-refractivity contribution in [3.8, 4) is 11.5 Å². The van der Waals surface area contributed by atoms with Gasteiger partial charge in [0.25, 0.3) is 0 Å². The number of nitrogens with zero attached hydrogens (tertiary/aromatic N) is 2. The Hall–Kier alpha value is -2.73. The molecule has 1 N–H and O–H groups in total. The first-order chi connectivity index (χ1) is 14.7. The summed E-state index contributed by atoms with van der Waals surface area (Å²) in [5.74, 6) is 1.65. The highest BCUT2D eigenvalue weighted by molar-refractivity contribution is 5.94. The largest absolute Gasteiger partial charge is 0.493 e. The fraction of sp³-hybridized carbons (Fsp3) is 0.458. The molecule has 160 valence electrons. The maximum atomic E-state index is 11.9. The van der Waals surface area contributed by atoms with Gasteiger partial charge < -0.3 is 19.7 Å². The molecule has 2 aromatic carbocycles. The van der Waals surface area contributed by atoms with E-state index in [4.69, 9.17) is 9.47 Å². The van der Waals surface area contributed by atoms with Gasteiger partial charge in [0.2, 0.25) is 5.91 Å². The summed E-state index contributed by atoms with van der Waals surface area (Å²) in [5, 5.41) is 2.95. The Kier molecular flexibility index (Phi) is 6.74. The van der Waals surface area contributed by atoms with Crippen LogP contribution in [0, 0.1) is 5.92 Å². The van der Waals surface area contributed by atoms with Crippen molar-refractivity contribution in [3.05, 3.63) is 48.5 Å². The molecule has 0 unspecified atom stereocenters. The Morgan fingerprint density at radius 2 is 1.80 bits per heavy atom. The normalized spacial score (nSPS) is 16.9. The molecule has 2 fully saturated rings. The highest BCUT2D eigenvalue weighted by Crippen LogP contribution is 2.33. The number of methoxy groups -OCH3 is 1. The third-order valence-electron chi connectivity index (χ3n) is 5.75. The molecule has 4 rings (SSSR count). The highest BCUT2D eigenvalue weighted by atomic mass is 16.5. The van der Waals surface area contributed by atoms with E-state index >= 15 is 0 Å². The van der Waals surface area contributed by atoms with Gasteiger partial charge in [-0.25, -0.2) is 0 Å². The van der Waals surface area contributed by atoms with E-state index in [-0.39, 0.29) is 11.8 Å². The maximum absolute atomic E-state index is 11.9. The van der Waals surface area contributed by atoms with Crippen LogP contribution < -0.4 is 19.7 Å². The molecule has 0 bridgehead atoms. The van der Waals surface area contributed by atoms with Gasteiger partial charge in [-0.05, 0) is 43.5 Å². The van der Waals surface area contributed by atoms with E-state index in [1.165, 1.54) is 5.69 Å². The lowest BCUT2D eigenvalue weighted by molar-refractivity contribution is -0.117. The summed E-state index contributed by atoms with van der Waals surface area (Å²) < 4.78 is 11.4. The number of ether oxygens (including phenoxy) is 2. The van der Waals surface area contributed by atoms with E-state index in [1.54, 1.807) is 7.11 Å². The fourth-order valence-electron chi connectivity index (χ4n) is 3.79. The quantitative estimate of drug-likeness (QED) is 0.641. The van der Waals surface area contributed by atoms with Crippen LogP contribution in [0.4, 0.5) is 11.4 Å². The van der Waals surface area contributed by atoms with Crippen molar-refractivity contribution in [2.45, 2.75) is 19.3 Å². The number of hydrogen-bond acceptors (Lipinski definition) is 5. The number of benzene rings is 2. The van der Waals surface area contributed by atoms with Gasteiger partial charge in [0.1, 0.15) is 0 Å². The van der Waals surface area contributed by atoms with E-state index in [0.717, 1.165) is 63.4 Å². The van der Waals surface area contributed by atoms with Crippen LogP contribution in [-0.2, 0) is 4.79 Å². The third kappa shape index (κ3) is 5.45. The summed E-state index contributed by atoms with van der Waals surface area (Å²) >= 11 is 0. The molecule has 0 spiro atoms. The molecule has 6 nitrogen and oxygen atoms in total. The lowest BCUT2D eigenvalue weighted by atomic mass is 10.2. The first-order valence-corrected chi connectivity index (χ1v) is 10.9. The van der Waals surface area contributed by atoms with Gasteiger partial charge in [0.15, 0.2) is 11.5 Å². The number of amides is 1. The third-order valence-corrected chi connectivity index (χ3v) is 5.75. The average molecular weight is 410 g/mol. The number of anilines is 2. The van der Waals surface area contributed by atoms with E-state index in [1.807, 2.05) is 18.2 Å². The van der Waals surface area contributed by atoms with Gasteiger partial charge in [0, 0.05) is 56.1 Å². The molecule has 1 heterocycles. The predicted molar refractivity (Wildman–Crippen MR) is 120 cm³/mol. The Morgan fingerprint density at radius 1 is 1.03 bits per heavy atom. The summed E-state index contributed by atoms with van der Waals surface area (Å²) in [6, 6.07) is 16.2. The number of carbonyl (C=O) groups is 1. The molecular weight excluding hydrogens is 378 g/mol. The fourth-order valence-corrected chi connectivity index (χ4v) is 3.79. The van der Waals surface area contributed by atoms with Gasteiger partial charge in [-0.1, -0.05) is 18.2 Å². The topological polar surface area (TPSA) is 54.0 Å². The molecule has 2 aliphatic rings. The number of nitrogens with one attached hydrogen (secondary N) is 1. The van der Waals surface area contributed by atoms with Crippen molar-refractivity contribution >= 4 is 17.3 Å². The standard InChI is InChI=1S/C24H31N3O3/c1-29-23-18-20(25-24(28)19-8-9-19)10-11-22(23)30-17-5-12-26-13-15-27(16-14-26)21-6-3-2-4-7-21/h2-4,6-7,10-11,18-19H,5,8-9,12-17H2,1H3,(H,25,28). The van der Waals surface area contributed by atoms with Crippen LogP contribution in [0.3, 0.4) is 0 Å². The van der Waals surface area contributed by atoms with Crippen molar-refractivity contribution in [3.63, 3.8) is 0 Å². The molecule has 1 amide bonds. The Bertz CT molecular complexity index is 831. The molecular formula is C24H31N3O3. The number of hydrogen-bond donors (Lipinski definition) is 1. The summed E-state index contributed by atoms with van der Waals surface area (Å²) in [4.78, 5) is 16.9. The zero-order valence-electron chi connectivity index (χ0n) is 17.7. The predicted octanol–water partition coefficient (Wildman–Crippen LogP) is 3.63. The summed E-state index contributed by atoms with van der Waals surface area (Å²) in [5.41, 5.74) is 2.07. The SMILES string of the molecule is COc1cc(NC(=O)C2CC2)ccc1OCCCN1CCN(c2ccccc2)CC1. The lowest BCUT2D eigenvalue weighted by Crippen LogP contribution is -2.46. The van der Waals surface area contributed by atoms with E-state index in [9.17, 15) is 4.79 Å². The minimum Gasteiger partial charge on any atom is -0.493 e. The van der Waals surface area contributed by atoms with E-state index < -0.39 is 0 Å². The number of carbonyl (C=O) groups excluding carboxylic acids is 1. The van der Waals surface area contributed by atoms with Crippen molar-refractivity contribution in [1.82, 2.24) is 4.90 Å². The van der Waals surface area contributed by atoms with Crippen LogP contribution in [0.2, 0.25) is 0 Å². The lowest BCUT2D eigenvalue weighted by Gasteiger charge is -2.36. The average Bonchev–Trinajstić information content (AvgIpc) is 3.64. The van der Waals surface area contributed by atoms with Crippen molar-refractivity contribution < 1.29 is 14.3 Å². The zero-order chi connectivity index (χ0) is 20.8. The molecule has 1 aliphatic heterocycles. The second kappa shape index (κ2) is 9.85. The van der Waals surface area contributed by atoms with Crippen LogP contribution in [0.25, 0.3) is 0 Å². The molecule has 6 heteroatoms. The van der Waals surface area contributed by atoms with Crippen molar-refractivity contribution in [2.24, 2.45) is 5.92 Å². The van der Waals surface area contributed by atoms with Gasteiger partial charge in [-0.15, -0.1) is 0 Å². The maximum Gasteiger partial charge on any atom is 0.227 e. The molecule has 30 heavy (non-hydrogen) atoms. The number of para-hydroxylation sites is 1. The van der Waals surface area contributed by atoms with E-state index in [2.05, 4.69) is 45.4 Å². The van der Waals surface area contributed by atoms with Crippen LogP contribution >= 0.6 is 0 Å². The van der Waals surface area contributed by atoms with Crippen molar-refractivity contribution in [1.29, 1.82) is 0 Å². The smallest absolute Gasteiger partial charge is 0.227 e. The molecule has 0 radical (unpaired) electrons. The second-order valence-corrected chi connectivity index (χ2v) is 8.00. The number of piperazine rings is 1. The second-order valence-electron chi connectivity index (χ2n) is 8.00. The first-order valence-electron chi connectivity index (χ1n) is 10.9. The molecule has 1 saturated heterocycles. The van der Waals surface area contributed by atoms with Gasteiger partial charge in [0.05, 0.1) is 13.7 Å². The first kappa shape index (κ1) is 20.5. The molecule has 0 atom stereocenters. The minimum atomic E-state index is 0.0954. The Balaban J connectivity index is 1.18. The Morgan fingerprint density at radius 3 is 2.50 bits per heavy atom. The molecule has 0 aromatic heterocycles. The van der Waals surface area contributed by atoms with Crippen LogP contribution in [0.15, 0.2) is 48.5 Å². The zero-order valence-corrected chi connectivity index (χ0v) is 17.7. The Labute approximate surface area is 178 Å². The summed E-state index contributed by atoms with van der Waals surface area (Å²) in [7, 11) is 1.63. The summed E-state index contributed by atoms with van der Waals surface area (Å²) in [6.45, 7) is 5.95. The molecule has 1 aliphatic carbocycles. The van der Waals surface area contributed by atoms with Crippen LogP contribution in [0.1, 0.15) is 19.3 Å². The monoisotopic (exact) mass is 409 g/mol. The van der Waals surface area contributed by atoms with Crippen molar-refractivity contribution in [2.75, 3.05) is 56.7 Å². The highest BCUT2D eigenvalue weighted by Gasteiger charge is 2.29. The molecule has 1 saturated carbocycles. The summed E-state index contributed by atoms with van der Waals surface area (Å²) in [6.07, 6.45) is 2.95. The van der Waals surface area contributed by atoms with Gasteiger partial charge >= 0.3 is 0 Å². The molecule has 2 aromatic rings. The van der Waals surface area contributed by atoms with Gasteiger partial charge in [-0.3, -0.25) is 9.69 Å². The number of rotatable bonds is 9. The van der Waals surface area contributed by atoms with Crippen LogP contribution in [-0.4, -0.2) is 57.2 Å². The van der Waals surface area contributed by atoms with Crippen LogP contribution in [0.5, 0.6) is 11.5 Å².